The normalized spacial score (nSPS) is 12.6. The third kappa shape index (κ3) is 6.49. The van der Waals surface area contributed by atoms with Gasteiger partial charge in [0.25, 0.3) is 0 Å². The first kappa shape index (κ1) is 25.2. The number of hydrogen-bond donors (Lipinski definition) is 2. The van der Waals surface area contributed by atoms with Crippen LogP contribution in [0.1, 0.15) is 57.6 Å². The molecule has 0 bridgehead atoms. The van der Waals surface area contributed by atoms with E-state index in [2.05, 4.69) is 31.4 Å². The number of carbonyl (C=O) groups is 2. The van der Waals surface area contributed by atoms with Gasteiger partial charge in [0, 0.05) is 44.6 Å². The average Bonchev–Trinajstić information content (AvgIpc) is 2.78. The smallest absolute Gasteiger partial charge is 0.319 e. The Balaban J connectivity index is 2.40. The quantitative estimate of drug-likeness (QED) is 0.535. The molecule has 0 saturated carbocycles. The van der Waals surface area contributed by atoms with E-state index in [0.717, 1.165) is 29.7 Å². The molecule has 0 aromatic heterocycles. The molecule has 0 aliphatic rings. The molecular formula is C26H38N4O2. The second-order valence-electron chi connectivity index (χ2n) is 8.32. The summed E-state index contributed by atoms with van der Waals surface area (Å²) in [6.07, 6.45) is 1.61. The maximum atomic E-state index is 13.7. The Labute approximate surface area is 193 Å². The predicted octanol–water partition coefficient (Wildman–Crippen LogP) is 5.21. The van der Waals surface area contributed by atoms with Gasteiger partial charge in [-0.05, 0) is 56.0 Å². The van der Waals surface area contributed by atoms with E-state index in [1.165, 1.54) is 0 Å². The number of anilines is 2. The number of nitrogens with one attached hydrogen (secondary N) is 2. The number of urea groups is 1. The molecule has 174 valence electrons. The zero-order valence-corrected chi connectivity index (χ0v) is 20.3. The van der Waals surface area contributed by atoms with Crippen LogP contribution >= 0.6 is 0 Å². The number of amides is 3. The zero-order chi connectivity index (χ0) is 23.7. The minimum atomic E-state index is -0.235. The summed E-state index contributed by atoms with van der Waals surface area (Å²) < 4.78 is 0. The molecule has 0 unspecified atom stereocenters. The predicted molar refractivity (Wildman–Crippen MR) is 133 cm³/mol. The van der Waals surface area contributed by atoms with Gasteiger partial charge in [-0.2, -0.15) is 0 Å². The minimum absolute atomic E-state index is 0.0929. The second kappa shape index (κ2) is 12.1. The van der Waals surface area contributed by atoms with Crippen LogP contribution in [0.3, 0.4) is 0 Å². The molecule has 2 aromatic carbocycles. The number of carbonyl (C=O) groups excluding carboxylic acids is 2. The molecule has 0 saturated heterocycles. The Morgan fingerprint density at radius 3 is 2.22 bits per heavy atom. The Kier molecular flexibility index (Phi) is 9.57. The summed E-state index contributed by atoms with van der Waals surface area (Å²) in [5, 5.41) is 5.64. The first-order chi connectivity index (χ1) is 15.3. The van der Waals surface area contributed by atoms with Crippen LogP contribution in [0.5, 0.6) is 0 Å². The molecule has 2 rings (SSSR count). The Hall–Kier alpha value is -3.02. The van der Waals surface area contributed by atoms with Crippen molar-refractivity contribution in [2.75, 3.05) is 30.9 Å². The summed E-state index contributed by atoms with van der Waals surface area (Å²) >= 11 is 0. The van der Waals surface area contributed by atoms with Gasteiger partial charge in [-0.15, -0.1) is 0 Å². The first-order valence-electron chi connectivity index (χ1n) is 11.5. The van der Waals surface area contributed by atoms with Crippen molar-refractivity contribution in [1.82, 2.24) is 10.2 Å². The van der Waals surface area contributed by atoms with E-state index in [-0.39, 0.29) is 23.9 Å². The highest BCUT2D eigenvalue weighted by atomic mass is 16.2. The lowest BCUT2D eigenvalue weighted by Crippen LogP contribution is -2.41. The first-order valence-corrected chi connectivity index (χ1v) is 11.5. The Bertz CT molecular complexity index is 883. The third-order valence-electron chi connectivity index (χ3n) is 5.81. The van der Waals surface area contributed by atoms with Crippen LogP contribution in [-0.4, -0.2) is 43.5 Å². The SMILES string of the molecule is CCNC(=O)Nc1ccc(N(C)C)c(CN(C(=O)[C@@H](CC)c2ccccc2)[C@H](C)CC)c1. The molecule has 32 heavy (non-hydrogen) atoms. The van der Waals surface area contributed by atoms with Crippen molar-refractivity contribution in [2.24, 2.45) is 0 Å². The molecule has 3 amide bonds. The topological polar surface area (TPSA) is 64.7 Å². The summed E-state index contributed by atoms with van der Waals surface area (Å²) in [6.45, 7) is 9.19. The summed E-state index contributed by atoms with van der Waals surface area (Å²) in [6, 6.07) is 15.7. The highest BCUT2D eigenvalue weighted by Crippen LogP contribution is 2.29. The number of benzene rings is 2. The maximum Gasteiger partial charge on any atom is 0.319 e. The lowest BCUT2D eigenvalue weighted by atomic mass is 9.94. The molecule has 0 spiro atoms. The largest absolute Gasteiger partial charge is 0.377 e. The fourth-order valence-electron chi connectivity index (χ4n) is 3.86. The van der Waals surface area contributed by atoms with E-state index in [9.17, 15) is 9.59 Å². The molecule has 0 aliphatic carbocycles. The van der Waals surface area contributed by atoms with Crippen LogP contribution in [0.2, 0.25) is 0 Å². The lowest BCUT2D eigenvalue weighted by Gasteiger charge is -2.33. The van der Waals surface area contributed by atoms with Gasteiger partial charge in [0.2, 0.25) is 5.91 Å². The van der Waals surface area contributed by atoms with Crippen LogP contribution in [0.15, 0.2) is 48.5 Å². The van der Waals surface area contributed by atoms with Crippen molar-refractivity contribution in [3.8, 4) is 0 Å². The highest BCUT2D eigenvalue weighted by Gasteiger charge is 2.28. The molecule has 0 radical (unpaired) electrons. The highest BCUT2D eigenvalue weighted by molar-refractivity contribution is 5.90. The van der Waals surface area contributed by atoms with E-state index in [4.69, 9.17) is 0 Å². The number of nitrogens with zero attached hydrogens (tertiary/aromatic N) is 2. The number of rotatable bonds is 10. The monoisotopic (exact) mass is 438 g/mol. The van der Waals surface area contributed by atoms with Crippen LogP contribution in [0, 0.1) is 0 Å². The van der Waals surface area contributed by atoms with E-state index in [1.807, 2.05) is 79.3 Å². The zero-order valence-electron chi connectivity index (χ0n) is 20.3. The maximum absolute atomic E-state index is 13.7. The van der Waals surface area contributed by atoms with Crippen molar-refractivity contribution in [2.45, 2.75) is 59.0 Å². The molecule has 0 aliphatic heterocycles. The van der Waals surface area contributed by atoms with E-state index < -0.39 is 0 Å². The molecular weight excluding hydrogens is 400 g/mol. The van der Waals surface area contributed by atoms with Gasteiger partial charge >= 0.3 is 6.03 Å². The van der Waals surface area contributed by atoms with E-state index in [1.54, 1.807) is 0 Å². The number of hydrogen-bond acceptors (Lipinski definition) is 3. The van der Waals surface area contributed by atoms with Crippen LogP contribution in [-0.2, 0) is 11.3 Å². The lowest BCUT2D eigenvalue weighted by molar-refractivity contribution is -0.135. The van der Waals surface area contributed by atoms with E-state index in [0.29, 0.717) is 18.8 Å². The van der Waals surface area contributed by atoms with Gasteiger partial charge in [-0.3, -0.25) is 4.79 Å². The van der Waals surface area contributed by atoms with Crippen LogP contribution < -0.4 is 15.5 Å². The summed E-state index contributed by atoms with van der Waals surface area (Å²) in [5.41, 5.74) is 3.79. The van der Waals surface area contributed by atoms with Crippen molar-refractivity contribution < 1.29 is 9.59 Å². The van der Waals surface area contributed by atoms with Crippen molar-refractivity contribution >= 4 is 23.3 Å². The molecule has 0 heterocycles. The van der Waals surface area contributed by atoms with Crippen molar-refractivity contribution in [1.29, 1.82) is 0 Å². The molecule has 2 N–H and O–H groups in total. The van der Waals surface area contributed by atoms with Crippen molar-refractivity contribution in [3.05, 3.63) is 59.7 Å². The molecule has 2 aromatic rings. The minimum Gasteiger partial charge on any atom is -0.377 e. The van der Waals surface area contributed by atoms with E-state index >= 15 is 0 Å². The third-order valence-corrected chi connectivity index (χ3v) is 5.81. The van der Waals surface area contributed by atoms with Gasteiger partial charge < -0.3 is 20.4 Å². The molecule has 0 fully saturated rings. The van der Waals surface area contributed by atoms with Gasteiger partial charge in [-0.1, -0.05) is 44.2 Å². The molecule has 2 atom stereocenters. The van der Waals surface area contributed by atoms with Crippen LogP contribution in [0.25, 0.3) is 0 Å². The van der Waals surface area contributed by atoms with Gasteiger partial charge in [-0.25, -0.2) is 4.79 Å². The van der Waals surface area contributed by atoms with Crippen molar-refractivity contribution in [3.63, 3.8) is 0 Å². The standard InChI is InChI=1S/C26H38N4O2/c1-7-19(4)30(25(31)23(8-2)20-13-11-10-12-14-20)18-21-17-22(28-26(32)27-9-3)15-16-24(21)29(5)6/h10-17,19,23H,7-9,18H2,1-6H3,(H2,27,28,32)/t19-,23+/m1/s1. The summed E-state index contributed by atoms with van der Waals surface area (Å²) in [7, 11) is 3.98. The van der Waals surface area contributed by atoms with Gasteiger partial charge in [0.05, 0.1) is 5.92 Å². The van der Waals surface area contributed by atoms with Crippen LogP contribution in [0.4, 0.5) is 16.2 Å². The second-order valence-corrected chi connectivity index (χ2v) is 8.32. The summed E-state index contributed by atoms with van der Waals surface area (Å²) in [4.78, 5) is 29.8. The fraction of sp³-hybridized carbons (Fsp3) is 0.462. The van der Waals surface area contributed by atoms with Gasteiger partial charge in [0.15, 0.2) is 0 Å². The molecule has 6 heteroatoms. The molecule has 6 nitrogen and oxygen atoms in total. The summed E-state index contributed by atoms with van der Waals surface area (Å²) in [5.74, 6) is -0.0375. The average molecular weight is 439 g/mol. The fourth-order valence-corrected chi connectivity index (χ4v) is 3.86. The Morgan fingerprint density at radius 1 is 0.969 bits per heavy atom. The Morgan fingerprint density at radius 2 is 1.66 bits per heavy atom. The van der Waals surface area contributed by atoms with Gasteiger partial charge in [0.1, 0.15) is 0 Å².